The van der Waals surface area contributed by atoms with Crippen molar-refractivity contribution in [3.63, 3.8) is 0 Å². The third kappa shape index (κ3) is 2.13. The van der Waals surface area contributed by atoms with Crippen LogP contribution in [-0.2, 0) is 0 Å². The van der Waals surface area contributed by atoms with E-state index in [-0.39, 0.29) is 0 Å². The quantitative estimate of drug-likeness (QED) is 0.284. The number of rotatable bonds is 2. The molecule has 12 heavy (non-hydrogen) atoms. The zero-order valence-electron chi connectivity index (χ0n) is 7.79. The van der Waals surface area contributed by atoms with Gasteiger partial charge in [-0.05, 0) is 18.8 Å². The lowest BCUT2D eigenvalue weighted by Crippen LogP contribution is -2.29. The molecule has 0 spiro atoms. The minimum Gasteiger partial charge on any atom is -0.386 e. The molecule has 0 aromatic heterocycles. The van der Waals surface area contributed by atoms with Crippen LogP contribution in [0, 0.1) is 11.8 Å². The van der Waals surface area contributed by atoms with Gasteiger partial charge in [-0.15, -0.1) is 0 Å². The van der Waals surface area contributed by atoms with Gasteiger partial charge >= 0.3 is 0 Å². The van der Waals surface area contributed by atoms with Gasteiger partial charge in [0.15, 0.2) is 0 Å². The molecular weight excluding hydrogens is 150 g/mol. The molecule has 0 heterocycles. The van der Waals surface area contributed by atoms with Crippen LogP contribution < -0.4 is 11.6 Å². The molecule has 0 bridgehead atoms. The zero-order chi connectivity index (χ0) is 8.97. The first-order chi connectivity index (χ1) is 5.77. The minimum atomic E-state index is 0.452. The topological polar surface area (TPSA) is 64.4 Å². The normalized spacial score (nSPS) is 31.9. The molecule has 3 heteroatoms. The Kier molecular flexibility index (Phi) is 3.38. The van der Waals surface area contributed by atoms with Crippen LogP contribution in [0.2, 0.25) is 0 Å². The van der Waals surface area contributed by atoms with Crippen molar-refractivity contribution in [1.82, 2.24) is 0 Å². The molecule has 1 saturated carbocycles. The lowest BCUT2D eigenvalue weighted by molar-refractivity contribution is 0.309. The molecule has 1 rings (SSSR count). The second kappa shape index (κ2) is 4.33. The van der Waals surface area contributed by atoms with Crippen LogP contribution in [0.4, 0.5) is 0 Å². The summed E-state index contributed by atoms with van der Waals surface area (Å²) in [5, 5.41) is 3.58. The number of nitrogens with two attached hydrogens (primary N) is 2. The Hall–Kier alpha value is -0.730. The van der Waals surface area contributed by atoms with Crippen molar-refractivity contribution < 1.29 is 0 Å². The molecule has 1 fully saturated rings. The van der Waals surface area contributed by atoms with Gasteiger partial charge in [0.25, 0.3) is 0 Å². The Morgan fingerprint density at radius 1 is 1.50 bits per heavy atom. The van der Waals surface area contributed by atoms with Gasteiger partial charge in [-0.25, -0.2) is 0 Å². The SMILES string of the molecule is CCC1CCCC(C(N)=NN)C1. The van der Waals surface area contributed by atoms with E-state index >= 15 is 0 Å². The fraction of sp³-hybridized carbons (Fsp3) is 0.889. The number of nitrogens with zero attached hydrogens (tertiary/aromatic N) is 1. The molecule has 2 unspecified atom stereocenters. The maximum absolute atomic E-state index is 5.69. The highest BCUT2D eigenvalue weighted by molar-refractivity contribution is 5.82. The van der Waals surface area contributed by atoms with E-state index in [1.807, 2.05) is 0 Å². The number of hydrazone groups is 1. The molecule has 0 aliphatic heterocycles. The van der Waals surface area contributed by atoms with E-state index in [4.69, 9.17) is 11.6 Å². The lowest BCUT2D eigenvalue weighted by atomic mass is 9.80. The molecule has 2 atom stereocenters. The van der Waals surface area contributed by atoms with Crippen LogP contribution in [0.25, 0.3) is 0 Å². The summed E-state index contributed by atoms with van der Waals surface area (Å²) in [6.45, 7) is 2.24. The highest BCUT2D eigenvalue weighted by Crippen LogP contribution is 2.30. The second-order valence-corrected chi connectivity index (χ2v) is 3.69. The number of amidine groups is 1. The van der Waals surface area contributed by atoms with Crippen molar-refractivity contribution in [2.75, 3.05) is 0 Å². The van der Waals surface area contributed by atoms with E-state index in [0.29, 0.717) is 11.8 Å². The van der Waals surface area contributed by atoms with Crippen LogP contribution >= 0.6 is 0 Å². The van der Waals surface area contributed by atoms with Crippen molar-refractivity contribution in [3.05, 3.63) is 0 Å². The number of hydrogen-bond donors (Lipinski definition) is 2. The van der Waals surface area contributed by atoms with E-state index in [0.717, 1.165) is 5.92 Å². The molecule has 0 radical (unpaired) electrons. The van der Waals surface area contributed by atoms with E-state index in [9.17, 15) is 0 Å². The van der Waals surface area contributed by atoms with Gasteiger partial charge in [0.05, 0.1) is 0 Å². The summed E-state index contributed by atoms with van der Waals surface area (Å²) >= 11 is 0. The summed E-state index contributed by atoms with van der Waals surface area (Å²) in [7, 11) is 0. The average Bonchev–Trinajstić information content (AvgIpc) is 2.17. The Morgan fingerprint density at radius 2 is 2.25 bits per heavy atom. The van der Waals surface area contributed by atoms with Crippen LogP contribution in [0.3, 0.4) is 0 Å². The first-order valence-corrected chi connectivity index (χ1v) is 4.81. The molecule has 70 valence electrons. The molecule has 1 aliphatic rings. The smallest absolute Gasteiger partial charge is 0.122 e. The van der Waals surface area contributed by atoms with Gasteiger partial charge in [-0.3, -0.25) is 0 Å². The van der Waals surface area contributed by atoms with Gasteiger partial charge in [0.2, 0.25) is 0 Å². The lowest BCUT2D eigenvalue weighted by Gasteiger charge is -2.27. The third-order valence-corrected chi connectivity index (χ3v) is 2.93. The Labute approximate surface area is 74.2 Å². The monoisotopic (exact) mass is 169 g/mol. The van der Waals surface area contributed by atoms with Crippen molar-refractivity contribution in [1.29, 1.82) is 0 Å². The highest BCUT2D eigenvalue weighted by Gasteiger charge is 2.23. The summed E-state index contributed by atoms with van der Waals surface area (Å²) in [5.74, 6) is 7.09. The van der Waals surface area contributed by atoms with Gasteiger partial charge < -0.3 is 11.6 Å². The van der Waals surface area contributed by atoms with Crippen molar-refractivity contribution in [2.45, 2.75) is 39.0 Å². The first-order valence-electron chi connectivity index (χ1n) is 4.81. The molecule has 4 N–H and O–H groups in total. The summed E-state index contributed by atoms with van der Waals surface area (Å²) in [4.78, 5) is 0. The van der Waals surface area contributed by atoms with Crippen LogP contribution in [0.1, 0.15) is 39.0 Å². The largest absolute Gasteiger partial charge is 0.386 e. The van der Waals surface area contributed by atoms with Gasteiger partial charge in [0.1, 0.15) is 5.84 Å². The Morgan fingerprint density at radius 3 is 2.83 bits per heavy atom. The van der Waals surface area contributed by atoms with E-state index < -0.39 is 0 Å². The Balaban J connectivity index is 2.45. The summed E-state index contributed by atoms with van der Waals surface area (Å²) in [6.07, 6.45) is 6.24. The molecule has 0 amide bonds. The maximum atomic E-state index is 5.69. The predicted octanol–water partition coefficient (Wildman–Crippen LogP) is 1.43. The molecule has 3 nitrogen and oxygen atoms in total. The fourth-order valence-electron chi connectivity index (χ4n) is 2.04. The molecule has 0 saturated heterocycles. The van der Waals surface area contributed by atoms with Crippen molar-refractivity contribution in [2.24, 2.45) is 28.5 Å². The van der Waals surface area contributed by atoms with Crippen LogP contribution in [-0.4, -0.2) is 5.84 Å². The molecule has 0 aromatic carbocycles. The summed E-state index contributed by atoms with van der Waals surface area (Å²) in [6, 6.07) is 0. The molecule has 1 aliphatic carbocycles. The summed E-state index contributed by atoms with van der Waals surface area (Å²) < 4.78 is 0. The van der Waals surface area contributed by atoms with Crippen LogP contribution in [0.15, 0.2) is 5.10 Å². The number of hydrogen-bond acceptors (Lipinski definition) is 2. The average molecular weight is 169 g/mol. The Bertz CT molecular complexity index is 165. The van der Waals surface area contributed by atoms with Gasteiger partial charge in [-0.2, -0.15) is 5.10 Å². The standard InChI is InChI=1S/C9H19N3/c1-2-7-4-3-5-8(6-7)9(10)12-11/h7-8H,2-6,11H2,1H3,(H2,10,12). The predicted molar refractivity (Wildman–Crippen MR) is 51.5 cm³/mol. The highest BCUT2D eigenvalue weighted by atomic mass is 15.2. The van der Waals surface area contributed by atoms with E-state index in [1.165, 1.54) is 32.1 Å². The van der Waals surface area contributed by atoms with Crippen molar-refractivity contribution >= 4 is 5.84 Å². The van der Waals surface area contributed by atoms with E-state index in [1.54, 1.807) is 0 Å². The zero-order valence-corrected chi connectivity index (χ0v) is 7.79. The summed E-state index contributed by atoms with van der Waals surface area (Å²) in [5.41, 5.74) is 5.69. The minimum absolute atomic E-state index is 0.452. The van der Waals surface area contributed by atoms with Gasteiger partial charge in [-0.1, -0.05) is 26.2 Å². The maximum Gasteiger partial charge on any atom is 0.122 e. The first kappa shape index (κ1) is 9.36. The van der Waals surface area contributed by atoms with E-state index in [2.05, 4.69) is 12.0 Å². The fourth-order valence-corrected chi connectivity index (χ4v) is 2.04. The molecule has 0 aromatic rings. The van der Waals surface area contributed by atoms with Crippen molar-refractivity contribution in [3.8, 4) is 0 Å². The third-order valence-electron chi connectivity index (χ3n) is 2.93. The van der Waals surface area contributed by atoms with Crippen LogP contribution in [0.5, 0.6) is 0 Å². The molecular formula is C9H19N3. The second-order valence-electron chi connectivity index (χ2n) is 3.69. The van der Waals surface area contributed by atoms with Gasteiger partial charge in [0, 0.05) is 5.92 Å².